The summed E-state index contributed by atoms with van der Waals surface area (Å²) in [5, 5.41) is 7.00. The van der Waals surface area contributed by atoms with E-state index >= 15 is 0 Å². The molecule has 164 valence electrons. The molecule has 1 aliphatic heterocycles. The molecule has 0 spiro atoms. The predicted octanol–water partition coefficient (Wildman–Crippen LogP) is 5.92. The molecular weight excluding hydrogens is 386 g/mol. The zero-order chi connectivity index (χ0) is 22.7. The first kappa shape index (κ1) is 25.6. The second kappa shape index (κ2) is 13.0. The fourth-order valence-electron chi connectivity index (χ4n) is 3.73. The molecule has 2 aromatic rings. The summed E-state index contributed by atoms with van der Waals surface area (Å²) in [7, 11) is 1.00. The van der Waals surface area contributed by atoms with Gasteiger partial charge in [-0.05, 0) is 73.4 Å². The number of rotatable bonds is 5. The molecule has 3 nitrogen and oxygen atoms in total. The minimum absolute atomic E-state index is 0.148. The molecule has 3 atom stereocenters. The molecule has 5 heteroatoms. The first-order valence-electron chi connectivity index (χ1n) is 9.97. The smallest absolute Gasteiger partial charge is 0.387 e. The largest absolute Gasteiger partial charge is 0.435 e. The Labute approximate surface area is 179 Å². The van der Waals surface area contributed by atoms with Crippen molar-refractivity contribution in [2.24, 2.45) is 5.92 Å². The highest BCUT2D eigenvalue weighted by atomic mass is 19.3. The number of terminal acetylenes is 1. The second-order valence-corrected chi connectivity index (χ2v) is 7.40. The van der Waals surface area contributed by atoms with E-state index in [1.54, 1.807) is 12.1 Å². The van der Waals surface area contributed by atoms with E-state index in [4.69, 9.17) is 9.84 Å². The molecule has 1 heterocycles. The van der Waals surface area contributed by atoms with Crippen molar-refractivity contribution in [3.63, 3.8) is 0 Å². The predicted molar refractivity (Wildman–Crippen MR) is 117 cm³/mol. The number of aryl methyl sites for hydroxylation is 1. The number of aliphatic hydroxyl groups excluding tert-OH is 1. The number of hydrogen-bond acceptors (Lipinski definition) is 3. The van der Waals surface area contributed by atoms with Crippen LogP contribution in [0.1, 0.15) is 55.0 Å². The maximum absolute atomic E-state index is 12.3. The Hall–Kier alpha value is -2.42. The Bertz CT molecular complexity index is 762. The van der Waals surface area contributed by atoms with Crippen LogP contribution in [0.4, 0.5) is 8.78 Å². The lowest BCUT2D eigenvalue weighted by Crippen LogP contribution is -2.24. The van der Waals surface area contributed by atoms with Crippen LogP contribution in [0.15, 0.2) is 42.5 Å². The van der Waals surface area contributed by atoms with Crippen LogP contribution in [0.25, 0.3) is 0 Å². The van der Waals surface area contributed by atoms with Crippen molar-refractivity contribution in [2.75, 3.05) is 7.11 Å². The first-order chi connectivity index (χ1) is 14.4. The number of benzene rings is 2. The van der Waals surface area contributed by atoms with Gasteiger partial charge in [-0.3, -0.25) is 0 Å². The van der Waals surface area contributed by atoms with E-state index in [0.29, 0.717) is 5.92 Å². The molecule has 0 bridgehead atoms. The van der Waals surface area contributed by atoms with Crippen LogP contribution in [0.2, 0.25) is 0 Å². The van der Waals surface area contributed by atoms with E-state index in [9.17, 15) is 8.78 Å². The normalized spacial score (nSPS) is 20.4. The molecule has 0 aromatic heterocycles. The number of hydrogen-bond donors (Lipinski definition) is 1. The summed E-state index contributed by atoms with van der Waals surface area (Å²) in [6, 6.07) is 13.4. The molecular formula is C25H32F2O3. The van der Waals surface area contributed by atoms with Gasteiger partial charge in [0.1, 0.15) is 5.75 Å². The zero-order valence-electron chi connectivity index (χ0n) is 18.1. The molecule has 1 saturated heterocycles. The monoisotopic (exact) mass is 418 g/mol. The lowest BCUT2D eigenvalue weighted by Gasteiger charge is -2.32. The third kappa shape index (κ3) is 7.78. The fourth-order valence-corrected chi connectivity index (χ4v) is 3.73. The summed E-state index contributed by atoms with van der Waals surface area (Å²) in [6.45, 7) is 3.73. The summed E-state index contributed by atoms with van der Waals surface area (Å²) in [4.78, 5) is 0. The Morgan fingerprint density at radius 1 is 1.07 bits per heavy atom. The SMILES string of the molecule is C#C.CO.Cc1ccc([C@H]2C[C@@H](C)C[C@@H](C)O2)cc1Cc1ccc(OC(F)F)cc1. The van der Waals surface area contributed by atoms with Crippen LogP contribution in [0, 0.1) is 25.7 Å². The Kier molecular flexibility index (Phi) is 11.1. The van der Waals surface area contributed by atoms with Gasteiger partial charge in [0.15, 0.2) is 0 Å². The molecule has 0 radical (unpaired) electrons. The molecule has 1 N–H and O–H groups in total. The second-order valence-electron chi connectivity index (χ2n) is 7.40. The van der Waals surface area contributed by atoms with Crippen molar-refractivity contribution in [1.82, 2.24) is 0 Å². The summed E-state index contributed by atoms with van der Waals surface area (Å²) in [6.07, 6.45) is 11.4. The van der Waals surface area contributed by atoms with Crippen molar-refractivity contribution in [1.29, 1.82) is 0 Å². The molecule has 0 aliphatic carbocycles. The first-order valence-corrected chi connectivity index (χ1v) is 9.97. The summed E-state index contributed by atoms with van der Waals surface area (Å²) in [5.74, 6) is 0.851. The number of alkyl halides is 2. The molecule has 0 unspecified atom stereocenters. The maximum Gasteiger partial charge on any atom is 0.387 e. The molecule has 1 aliphatic rings. The molecule has 0 saturated carbocycles. The van der Waals surface area contributed by atoms with Gasteiger partial charge in [0, 0.05) is 7.11 Å². The topological polar surface area (TPSA) is 38.7 Å². The number of ether oxygens (including phenoxy) is 2. The molecule has 3 rings (SSSR count). The molecule has 2 aromatic carbocycles. The van der Waals surface area contributed by atoms with Crippen LogP contribution < -0.4 is 4.74 Å². The van der Waals surface area contributed by atoms with Crippen molar-refractivity contribution < 1.29 is 23.4 Å². The lowest BCUT2D eigenvalue weighted by atomic mass is 9.89. The third-order valence-electron chi connectivity index (χ3n) is 5.04. The van der Waals surface area contributed by atoms with E-state index in [-0.39, 0.29) is 18.0 Å². The highest BCUT2D eigenvalue weighted by Crippen LogP contribution is 2.35. The number of aliphatic hydroxyl groups is 1. The number of halogens is 2. The minimum Gasteiger partial charge on any atom is -0.435 e. The van der Waals surface area contributed by atoms with Gasteiger partial charge in [0.2, 0.25) is 0 Å². The van der Waals surface area contributed by atoms with Gasteiger partial charge >= 0.3 is 6.61 Å². The Balaban J connectivity index is 0.00000106. The maximum atomic E-state index is 12.3. The average Bonchev–Trinajstić information content (AvgIpc) is 2.73. The van der Waals surface area contributed by atoms with E-state index < -0.39 is 6.61 Å². The van der Waals surface area contributed by atoms with Gasteiger partial charge in [-0.15, -0.1) is 12.8 Å². The summed E-state index contributed by atoms with van der Waals surface area (Å²) < 4.78 is 35.1. The Morgan fingerprint density at radius 2 is 1.70 bits per heavy atom. The van der Waals surface area contributed by atoms with E-state index in [1.165, 1.54) is 16.7 Å². The van der Waals surface area contributed by atoms with Crippen molar-refractivity contribution in [3.05, 3.63) is 64.7 Å². The van der Waals surface area contributed by atoms with E-state index in [2.05, 4.69) is 56.6 Å². The van der Waals surface area contributed by atoms with Crippen molar-refractivity contribution in [2.45, 2.75) is 58.9 Å². The van der Waals surface area contributed by atoms with Gasteiger partial charge in [-0.25, -0.2) is 0 Å². The Morgan fingerprint density at radius 3 is 2.27 bits per heavy atom. The van der Waals surface area contributed by atoms with E-state index in [1.807, 2.05) is 12.1 Å². The highest BCUT2D eigenvalue weighted by Gasteiger charge is 2.25. The minimum atomic E-state index is -2.79. The van der Waals surface area contributed by atoms with Crippen LogP contribution in [-0.2, 0) is 11.2 Å². The standard InChI is InChI=1S/C22H26F2O2.C2H2.CH4O/c1-14-10-16(3)25-21(11-14)18-7-4-15(2)19(13-18)12-17-5-8-20(9-6-17)26-22(23)24;2*1-2/h4-9,13-14,16,21-22H,10-12H2,1-3H3;1-2H;2H,1H3/t14-,16+,21+;;/m0../s1. The van der Waals surface area contributed by atoms with Crippen LogP contribution in [0.5, 0.6) is 5.75 Å². The quantitative estimate of drug-likeness (QED) is 0.613. The van der Waals surface area contributed by atoms with Gasteiger partial charge in [0.05, 0.1) is 12.2 Å². The van der Waals surface area contributed by atoms with Gasteiger partial charge in [-0.2, -0.15) is 8.78 Å². The lowest BCUT2D eigenvalue weighted by molar-refractivity contribution is -0.0604. The fraction of sp³-hybridized carbons (Fsp3) is 0.440. The van der Waals surface area contributed by atoms with Gasteiger partial charge in [0.25, 0.3) is 0 Å². The van der Waals surface area contributed by atoms with Gasteiger partial charge in [-0.1, -0.05) is 37.3 Å². The third-order valence-corrected chi connectivity index (χ3v) is 5.04. The van der Waals surface area contributed by atoms with Crippen molar-refractivity contribution >= 4 is 0 Å². The molecule has 1 fully saturated rings. The highest BCUT2D eigenvalue weighted by molar-refractivity contribution is 5.38. The van der Waals surface area contributed by atoms with Gasteiger partial charge < -0.3 is 14.6 Å². The van der Waals surface area contributed by atoms with Crippen LogP contribution in [-0.4, -0.2) is 24.9 Å². The van der Waals surface area contributed by atoms with Crippen LogP contribution >= 0.6 is 0 Å². The average molecular weight is 419 g/mol. The van der Waals surface area contributed by atoms with E-state index in [0.717, 1.165) is 31.9 Å². The summed E-state index contributed by atoms with van der Waals surface area (Å²) in [5.41, 5.74) is 4.75. The molecule has 30 heavy (non-hydrogen) atoms. The molecule has 0 amide bonds. The zero-order valence-corrected chi connectivity index (χ0v) is 18.1. The van der Waals surface area contributed by atoms with Crippen molar-refractivity contribution in [3.8, 4) is 18.6 Å². The summed E-state index contributed by atoms with van der Waals surface area (Å²) >= 11 is 0. The van der Waals surface area contributed by atoms with Crippen LogP contribution in [0.3, 0.4) is 0 Å².